The molecule has 0 fully saturated rings. The highest BCUT2D eigenvalue weighted by Crippen LogP contribution is 2.24. The summed E-state index contributed by atoms with van der Waals surface area (Å²) in [6.45, 7) is 2.65. The van der Waals surface area contributed by atoms with Crippen molar-refractivity contribution in [1.82, 2.24) is 0 Å². The van der Waals surface area contributed by atoms with Crippen molar-refractivity contribution in [2.45, 2.75) is 6.92 Å². The molecule has 1 aliphatic rings. The van der Waals surface area contributed by atoms with Gasteiger partial charge in [-0.3, -0.25) is 4.84 Å². The number of benzene rings is 1. The van der Waals surface area contributed by atoms with Crippen molar-refractivity contribution in [3.63, 3.8) is 0 Å². The standard InChI is InChI=1S/C12H13NO/c1-2-14-13-10-6-5-8-11-7-3-4-9-12(11)13/h3-10H,2H2,1H3. The molecule has 0 unspecified atom stereocenters. The summed E-state index contributed by atoms with van der Waals surface area (Å²) < 4.78 is 0. The molecule has 0 spiro atoms. The van der Waals surface area contributed by atoms with E-state index in [2.05, 4.69) is 12.1 Å². The van der Waals surface area contributed by atoms with Gasteiger partial charge in [-0.25, -0.2) is 5.06 Å². The predicted octanol–water partition coefficient (Wildman–Crippen LogP) is 2.99. The lowest BCUT2D eigenvalue weighted by Crippen LogP contribution is -2.16. The Morgan fingerprint density at radius 3 is 2.93 bits per heavy atom. The Morgan fingerprint density at radius 2 is 2.07 bits per heavy atom. The Morgan fingerprint density at radius 1 is 1.21 bits per heavy atom. The van der Waals surface area contributed by atoms with E-state index in [-0.39, 0.29) is 0 Å². The van der Waals surface area contributed by atoms with Gasteiger partial charge in [-0.05, 0) is 19.1 Å². The Labute approximate surface area is 84.1 Å². The molecule has 1 heterocycles. The molecule has 0 saturated carbocycles. The number of rotatable bonds is 2. The van der Waals surface area contributed by atoms with Crippen molar-refractivity contribution in [2.24, 2.45) is 0 Å². The minimum absolute atomic E-state index is 0.665. The van der Waals surface area contributed by atoms with Gasteiger partial charge in [0.1, 0.15) is 0 Å². The molecule has 1 aromatic rings. The SMILES string of the molecule is CCON1C=CC=Cc2ccccc21. The number of hydrogen-bond acceptors (Lipinski definition) is 2. The van der Waals surface area contributed by atoms with Crippen LogP contribution in [-0.4, -0.2) is 6.61 Å². The van der Waals surface area contributed by atoms with Crippen LogP contribution >= 0.6 is 0 Å². The fourth-order valence-corrected chi connectivity index (χ4v) is 1.45. The minimum atomic E-state index is 0.665. The normalized spacial score (nSPS) is 13.9. The average molecular weight is 187 g/mol. The number of nitrogens with zero attached hydrogens (tertiary/aromatic N) is 1. The molecule has 0 radical (unpaired) electrons. The van der Waals surface area contributed by atoms with Crippen LogP contribution in [0.4, 0.5) is 5.69 Å². The third kappa shape index (κ3) is 1.70. The molecule has 1 aliphatic heterocycles. The first-order chi connectivity index (χ1) is 6.92. The molecular weight excluding hydrogens is 174 g/mol. The summed E-state index contributed by atoms with van der Waals surface area (Å²) in [5.74, 6) is 0. The van der Waals surface area contributed by atoms with E-state index in [9.17, 15) is 0 Å². The molecule has 0 aromatic heterocycles. The molecule has 0 amide bonds. The van der Waals surface area contributed by atoms with Gasteiger partial charge in [-0.2, -0.15) is 0 Å². The number of anilines is 1. The molecule has 0 saturated heterocycles. The number of allylic oxidation sites excluding steroid dienone is 2. The number of hydrogen-bond donors (Lipinski definition) is 0. The summed E-state index contributed by atoms with van der Waals surface area (Å²) in [6, 6.07) is 8.16. The summed E-state index contributed by atoms with van der Waals surface area (Å²) >= 11 is 0. The largest absolute Gasteiger partial charge is 0.269 e. The second-order valence-corrected chi connectivity index (χ2v) is 3.00. The van der Waals surface area contributed by atoms with E-state index < -0.39 is 0 Å². The van der Waals surface area contributed by atoms with Gasteiger partial charge in [0.25, 0.3) is 0 Å². The van der Waals surface area contributed by atoms with Crippen LogP contribution in [-0.2, 0) is 4.84 Å². The minimum Gasteiger partial charge on any atom is -0.269 e. The lowest BCUT2D eigenvalue weighted by Gasteiger charge is -2.19. The first kappa shape index (κ1) is 9.03. The van der Waals surface area contributed by atoms with Gasteiger partial charge in [0, 0.05) is 11.8 Å². The first-order valence-electron chi connectivity index (χ1n) is 4.78. The van der Waals surface area contributed by atoms with Crippen LogP contribution in [0, 0.1) is 0 Å². The quantitative estimate of drug-likeness (QED) is 0.705. The van der Waals surface area contributed by atoms with Crippen molar-refractivity contribution < 1.29 is 4.84 Å². The van der Waals surface area contributed by atoms with Crippen molar-refractivity contribution in [3.05, 3.63) is 48.2 Å². The maximum absolute atomic E-state index is 5.50. The van der Waals surface area contributed by atoms with E-state index in [1.54, 1.807) is 5.06 Å². The summed E-state index contributed by atoms with van der Waals surface area (Å²) in [7, 11) is 0. The van der Waals surface area contributed by atoms with Crippen LogP contribution < -0.4 is 5.06 Å². The smallest absolute Gasteiger partial charge is 0.0760 e. The Bertz CT molecular complexity index is 368. The molecule has 2 nitrogen and oxygen atoms in total. The predicted molar refractivity (Wildman–Crippen MR) is 58.7 cm³/mol. The van der Waals surface area contributed by atoms with E-state index in [1.807, 2.05) is 43.5 Å². The zero-order valence-electron chi connectivity index (χ0n) is 8.18. The second kappa shape index (κ2) is 4.11. The molecule has 2 rings (SSSR count). The van der Waals surface area contributed by atoms with E-state index in [4.69, 9.17) is 4.84 Å². The lowest BCUT2D eigenvalue weighted by atomic mass is 10.2. The summed E-state index contributed by atoms with van der Waals surface area (Å²) in [5, 5.41) is 1.80. The van der Waals surface area contributed by atoms with E-state index in [1.165, 1.54) is 5.56 Å². The van der Waals surface area contributed by atoms with Crippen LogP contribution in [0.1, 0.15) is 12.5 Å². The number of hydroxylamine groups is 1. The van der Waals surface area contributed by atoms with E-state index in [0.29, 0.717) is 6.61 Å². The van der Waals surface area contributed by atoms with Crippen molar-refractivity contribution in [1.29, 1.82) is 0 Å². The highest BCUT2D eigenvalue weighted by atomic mass is 16.7. The summed E-state index contributed by atoms with van der Waals surface area (Å²) in [6.07, 6.45) is 7.98. The van der Waals surface area contributed by atoms with Crippen molar-refractivity contribution >= 4 is 11.8 Å². The fourth-order valence-electron chi connectivity index (χ4n) is 1.45. The highest BCUT2D eigenvalue weighted by molar-refractivity contribution is 5.69. The van der Waals surface area contributed by atoms with Gasteiger partial charge < -0.3 is 0 Å². The molecule has 0 aliphatic carbocycles. The monoisotopic (exact) mass is 187 g/mol. The van der Waals surface area contributed by atoms with Gasteiger partial charge in [0.05, 0.1) is 12.3 Å². The number of fused-ring (bicyclic) bond motifs is 1. The molecule has 0 N–H and O–H groups in total. The molecule has 0 bridgehead atoms. The van der Waals surface area contributed by atoms with Crippen LogP contribution in [0.2, 0.25) is 0 Å². The summed E-state index contributed by atoms with van der Waals surface area (Å²) in [4.78, 5) is 5.50. The highest BCUT2D eigenvalue weighted by Gasteiger charge is 2.07. The maximum atomic E-state index is 5.50. The molecule has 1 aromatic carbocycles. The fraction of sp³-hybridized carbons (Fsp3) is 0.167. The Hall–Kier alpha value is -1.54. The van der Waals surface area contributed by atoms with E-state index in [0.717, 1.165) is 5.69 Å². The summed E-state index contributed by atoms with van der Waals surface area (Å²) in [5.41, 5.74) is 2.25. The molecule has 2 heteroatoms. The van der Waals surface area contributed by atoms with Crippen molar-refractivity contribution in [3.8, 4) is 0 Å². The Balaban J connectivity index is 2.39. The van der Waals surface area contributed by atoms with Crippen LogP contribution in [0.5, 0.6) is 0 Å². The van der Waals surface area contributed by atoms with E-state index >= 15 is 0 Å². The van der Waals surface area contributed by atoms with Gasteiger partial charge in [-0.15, -0.1) is 0 Å². The van der Waals surface area contributed by atoms with Gasteiger partial charge in [-0.1, -0.05) is 30.4 Å². The second-order valence-electron chi connectivity index (χ2n) is 3.00. The molecule has 72 valence electrons. The van der Waals surface area contributed by atoms with Crippen LogP contribution in [0.25, 0.3) is 6.08 Å². The third-order valence-corrected chi connectivity index (χ3v) is 2.05. The molecular formula is C12H13NO. The molecule has 14 heavy (non-hydrogen) atoms. The first-order valence-corrected chi connectivity index (χ1v) is 4.78. The van der Waals surface area contributed by atoms with Crippen LogP contribution in [0.15, 0.2) is 42.6 Å². The van der Waals surface area contributed by atoms with Crippen molar-refractivity contribution in [2.75, 3.05) is 11.7 Å². The molecule has 0 atom stereocenters. The van der Waals surface area contributed by atoms with Gasteiger partial charge >= 0.3 is 0 Å². The zero-order valence-corrected chi connectivity index (χ0v) is 8.18. The van der Waals surface area contributed by atoms with Gasteiger partial charge in [0.15, 0.2) is 0 Å². The average Bonchev–Trinajstić information content (AvgIpc) is 2.42. The van der Waals surface area contributed by atoms with Gasteiger partial charge in [0.2, 0.25) is 0 Å². The van der Waals surface area contributed by atoms with Crippen LogP contribution in [0.3, 0.4) is 0 Å². The number of para-hydroxylation sites is 1. The zero-order chi connectivity index (χ0) is 9.80. The Kier molecular flexibility index (Phi) is 2.65. The third-order valence-electron chi connectivity index (χ3n) is 2.05. The lowest BCUT2D eigenvalue weighted by molar-refractivity contribution is 0.146. The maximum Gasteiger partial charge on any atom is 0.0760 e. The topological polar surface area (TPSA) is 12.5 Å².